The minimum absolute atomic E-state index is 0.0992. The Labute approximate surface area is 123 Å². The number of rotatable bonds is 2. The number of hydrogen-bond acceptors (Lipinski definition) is 5. The van der Waals surface area contributed by atoms with Gasteiger partial charge in [0.15, 0.2) is 0 Å². The largest absolute Gasteiger partial charge is 0.495 e. The summed E-state index contributed by atoms with van der Waals surface area (Å²) >= 11 is 0. The van der Waals surface area contributed by atoms with Crippen molar-refractivity contribution in [1.82, 2.24) is 9.80 Å². The van der Waals surface area contributed by atoms with Crippen LogP contribution in [-0.2, 0) is 4.74 Å². The van der Waals surface area contributed by atoms with E-state index in [0.29, 0.717) is 43.2 Å². The Morgan fingerprint density at radius 1 is 1.10 bits per heavy atom. The fourth-order valence-corrected chi connectivity index (χ4v) is 2.25. The van der Waals surface area contributed by atoms with Gasteiger partial charge in [0, 0.05) is 31.7 Å². The topological polar surface area (TPSA) is 85.1 Å². The van der Waals surface area contributed by atoms with Crippen molar-refractivity contribution in [3.05, 3.63) is 23.8 Å². The van der Waals surface area contributed by atoms with Crippen LogP contribution in [0, 0.1) is 0 Å². The maximum absolute atomic E-state index is 12.4. The Kier molecular flexibility index (Phi) is 4.52. The van der Waals surface area contributed by atoms with Gasteiger partial charge in [0.05, 0.1) is 19.9 Å². The number of carbonyl (C=O) groups excluding carboxylic acids is 2. The van der Waals surface area contributed by atoms with Gasteiger partial charge >= 0.3 is 6.09 Å². The van der Waals surface area contributed by atoms with Gasteiger partial charge in [0.25, 0.3) is 5.91 Å². The molecule has 0 aliphatic carbocycles. The number of nitrogens with two attached hydrogens (primary N) is 1. The molecule has 0 atom stereocenters. The predicted octanol–water partition coefficient (Wildman–Crippen LogP) is 0.802. The zero-order valence-electron chi connectivity index (χ0n) is 12.2. The van der Waals surface area contributed by atoms with E-state index in [4.69, 9.17) is 10.5 Å². The second kappa shape index (κ2) is 6.34. The molecule has 1 aromatic carbocycles. The molecule has 1 fully saturated rings. The average molecular weight is 293 g/mol. The average Bonchev–Trinajstić information content (AvgIpc) is 2.54. The molecule has 114 valence electrons. The van der Waals surface area contributed by atoms with Crippen LogP contribution >= 0.6 is 0 Å². The second-order valence-corrected chi connectivity index (χ2v) is 4.71. The third kappa shape index (κ3) is 3.18. The predicted molar refractivity (Wildman–Crippen MR) is 77.3 cm³/mol. The lowest BCUT2D eigenvalue weighted by Gasteiger charge is -2.33. The highest BCUT2D eigenvalue weighted by molar-refractivity contribution is 5.95. The van der Waals surface area contributed by atoms with Crippen LogP contribution < -0.4 is 10.5 Å². The van der Waals surface area contributed by atoms with E-state index in [1.54, 1.807) is 28.0 Å². The molecule has 2 amide bonds. The SMILES string of the molecule is COC(=O)N1CCN(C(=O)c2ccc(N)c(OC)c2)CC1. The molecule has 0 bridgehead atoms. The highest BCUT2D eigenvalue weighted by atomic mass is 16.5. The molecule has 7 nitrogen and oxygen atoms in total. The van der Waals surface area contributed by atoms with Crippen molar-refractivity contribution in [2.45, 2.75) is 0 Å². The Bertz CT molecular complexity index is 539. The van der Waals surface area contributed by atoms with Gasteiger partial charge in [0.1, 0.15) is 5.75 Å². The van der Waals surface area contributed by atoms with Gasteiger partial charge in [-0.2, -0.15) is 0 Å². The first-order valence-electron chi connectivity index (χ1n) is 6.62. The summed E-state index contributed by atoms with van der Waals surface area (Å²) in [6, 6.07) is 4.95. The molecule has 1 aliphatic heterocycles. The van der Waals surface area contributed by atoms with E-state index in [1.165, 1.54) is 14.2 Å². The molecule has 0 unspecified atom stereocenters. The monoisotopic (exact) mass is 293 g/mol. The van der Waals surface area contributed by atoms with E-state index in [0.717, 1.165) is 0 Å². The lowest BCUT2D eigenvalue weighted by atomic mass is 10.1. The van der Waals surface area contributed by atoms with Crippen LogP contribution in [0.3, 0.4) is 0 Å². The molecule has 1 heterocycles. The molecule has 0 aromatic heterocycles. The Balaban J connectivity index is 2.03. The molecular weight excluding hydrogens is 274 g/mol. The zero-order chi connectivity index (χ0) is 15.4. The summed E-state index contributed by atoms with van der Waals surface area (Å²) < 4.78 is 9.79. The second-order valence-electron chi connectivity index (χ2n) is 4.71. The quantitative estimate of drug-likeness (QED) is 0.815. The van der Waals surface area contributed by atoms with Gasteiger partial charge in [-0.05, 0) is 18.2 Å². The third-order valence-electron chi connectivity index (χ3n) is 3.48. The lowest BCUT2D eigenvalue weighted by molar-refractivity contribution is 0.0599. The Hall–Kier alpha value is -2.44. The van der Waals surface area contributed by atoms with Crippen molar-refractivity contribution in [2.75, 3.05) is 46.1 Å². The molecule has 2 rings (SSSR count). The smallest absolute Gasteiger partial charge is 0.409 e. The number of piperazine rings is 1. The zero-order valence-corrected chi connectivity index (χ0v) is 12.2. The normalized spacial score (nSPS) is 14.8. The highest BCUT2D eigenvalue weighted by Gasteiger charge is 2.25. The molecule has 1 aromatic rings. The number of benzene rings is 1. The molecule has 0 radical (unpaired) electrons. The fraction of sp³-hybridized carbons (Fsp3) is 0.429. The molecular formula is C14H19N3O4. The van der Waals surface area contributed by atoms with Crippen LogP contribution in [0.1, 0.15) is 10.4 Å². The number of hydrogen-bond donors (Lipinski definition) is 1. The van der Waals surface area contributed by atoms with Gasteiger partial charge in [-0.15, -0.1) is 0 Å². The molecule has 21 heavy (non-hydrogen) atoms. The van der Waals surface area contributed by atoms with E-state index in [-0.39, 0.29) is 12.0 Å². The molecule has 1 saturated heterocycles. The van der Waals surface area contributed by atoms with Crippen LogP contribution in [0.5, 0.6) is 5.75 Å². The number of anilines is 1. The van der Waals surface area contributed by atoms with Gasteiger partial charge in [-0.25, -0.2) is 4.79 Å². The molecule has 1 aliphatic rings. The number of nitrogens with zero attached hydrogens (tertiary/aromatic N) is 2. The van der Waals surface area contributed by atoms with Crippen molar-refractivity contribution < 1.29 is 19.1 Å². The summed E-state index contributed by atoms with van der Waals surface area (Å²) in [5.74, 6) is 0.381. The standard InChI is InChI=1S/C14H19N3O4/c1-20-12-9-10(3-4-11(12)15)13(18)16-5-7-17(8-6-16)14(19)21-2/h3-4,9H,5-8,15H2,1-2H3. The van der Waals surface area contributed by atoms with Crippen LogP contribution in [-0.4, -0.2) is 62.2 Å². The Morgan fingerprint density at radius 2 is 1.71 bits per heavy atom. The molecule has 0 spiro atoms. The summed E-state index contributed by atoms with van der Waals surface area (Å²) in [4.78, 5) is 27.1. The van der Waals surface area contributed by atoms with Gasteiger partial charge in [-0.1, -0.05) is 0 Å². The van der Waals surface area contributed by atoms with Crippen LogP contribution in [0.15, 0.2) is 18.2 Å². The maximum Gasteiger partial charge on any atom is 0.409 e. The number of carbonyl (C=O) groups is 2. The molecule has 0 saturated carbocycles. The van der Waals surface area contributed by atoms with Crippen molar-refractivity contribution >= 4 is 17.7 Å². The minimum Gasteiger partial charge on any atom is -0.495 e. The number of nitrogen functional groups attached to an aromatic ring is 1. The van der Waals surface area contributed by atoms with E-state index in [2.05, 4.69) is 4.74 Å². The first-order valence-corrected chi connectivity index (χ1v) is 6.62. The Morgan fingerprint density at radius 3 is 2.29 bits per heavy atom. The lowest BCUT2D eigenvalue weighted by Crippen LogP contribution is -2.50. The fourth-order valence-electron chi connectivity index (χ4n) is 2.25. The summed E-state index contributed by atoms with van der Waals surface area (Å²) in [5.41, 5.74) is 6.75. The van der Waals surface area contributed by atoms with Gasteiger partial charge in [0.2, 0.25) is 0 Å². The van der Waals surface area contributed by atoms with E-state index in [9.17, 15) is 9.59 Å². The highest BCUT2D eigenvalue weighted by Crippen LogP contribution is 2.23. The van der Waals surface area contributed by atoms with E-state index >= 15 is 0 Å². The number of methoxy groups -OCH3 is 2. The van der Waals surface area contributed by atoms with Crippen molar-refractivity contribution in [3.8, 4) is 5.75 Å². The summed E-state index contributed by atoms with van der Waals surface area (Å²) in [5, 5.41) is 0. The van der Waals surface area contributed by atoms with Crippen LogP contribution in [0.2, 0.25) is 0 Å². The third-order valence-corrected chi connectivity index (χ3v) is 3.48. The summed E-state index contributed by atoms with van der Waals surface area (Å²) in [6.45, 7) is 1.87. The van der Waals surface area contributed by atoms with Gasteiger partial charge < -0.3 is 25.0 Å². The maximum atomic E-state index is 12.4. The summed E-state index contributed by atoms with van der Waals surface area (Å²) in [7, 11) is 2.86. The minimum atomic E-state index is -0.365. The summed E-state index contributed by atoms with van der Waals surface area (Å²) in [6.07, 6.45) is -0.365. The number of amides is 2. The van der Waals surface area contributed by atoms with Crippen molar-refractivity contribution in [3.63, 3.8) is 0 Å². The van der Waals surface area contributed by atoms with E-state index in [1.807, 2.05) is 0 Å². The van der Waals surface area contributed by atoms with Crippen LogP contribution in [0.25, 0.3) is 0 Å². The van der Waals surface area contributed by atoms with E-state index < -0.39 is 0 Å². The van der Waals surface area contributed by atoms with Crippen molar-refractivity contribution in [2.24, 2.45) is 0 Å². The van der Waals surface area contributed by atoms with Crippen LogP contribution in [0.4, 0.5) is 10.5 Å². The number of ether oxygens (including phenoxy) is 2. The first-order chi connectivity index (χ1) is 10.1. The van der Waals surface area contributed by atoms with Gasteiger partial charge in [-0.3, -0.25) is 4.79 Å². The molecule has 2 N–H and O–H groups in total. The molecule has 7 heteroatoms. The first kappa shape index (κ1) is 15.0. The van der Waals surface area contributed by atoms with Crippen molar-refractivity contribution in [1.29, 1.82) is 0 Å².